The Bertz CT molecular complexity index is 944. The van der Waals surface area contributed by atoms with Crippen molar-refractivity contribution in [1.29, 1.82) is 0 Å². The number of hydrogen-bond acceptors (Lipinski definition) is 2. The second kappa shape index (κ2) is 9.84. The molecule has 1 heterocycles. The number of benzene rings is 2. The molecule has 0 saturated carbocycles. The van der Waals surface area contributed by atoms with Gasteiger partial charge in [-0.1, -0.05) is 43.0 Å². The number of halogens is 1. The van der Waals surface area contributed by atoms with Crippen LogP contribution >= 0.6 is 0 Å². The lowest BCUT2D eigenvalue weighted by atomic mass is 10.0. The van der Waals surface area contributed by atoms with Crippen LogP contribution < -0.4 is 4.74 Å². The molecule has 0 fully saturated rings. The van der Waals surface area contributed by atoms with Gasteiger partial charge in [0.25, 0.3) is 0 Å². The van der Waals surface area contributed by atoms with Crippen LogP contribution in [-0.4, -0.2) is 17.8 Å². The van der Waals surface area contributed by atoms with Gasteiger partial charge in [-0.3, -0.25) is 4.98 Å². The Balaban J connectivity index is 1.68. The maximum atomic E-state index is 12.8. The molecule has 2 nitrogen and oxygen atoms in total. The number of rotatable bonds is 9. The van der Waals surface area contributed by atoms with Gasteiger partial charge in [-0.25, -0.2) is 4.39 Å². The molecule has 3 heteroatoms. The first kappa shape index (κ1) is 19.8. The van der Waals surface area contributed by atoms with E-state index in [1.807, 2.05) is 30.5 Å². The van der Waals surface area contributed by atoms with E-state index in [0.717, 1.165) is 46.2 Å². The molecule has 144 valence electrons. The summed E-state index contributed by atoms with van der Waals surface area (Å²) in [4.78, 5) is 4.53. The van der Waals surface area contributed by atoms with Crippen molar-refractivity contribution in [3.8, 4) is 16.9 Å². The monoisotopic (exact) mass is 375 g/mol. The normalized spacial score (nSPS) is 12.4. The van der Waals surface area contributed by atoms with Crippen molar-refractivity contribution < 1.29 is 9.13 Å². The smallest absolute Gasteiger partial charge is 0.120 e. The van der Waals surface area contributed by atoms with E-state index in [9.17, 15) is 4.39 Å². The third-order valence-electron chi connectivity index (χ3n) is 4.56. The van der Waals surface area contributed by atoms with E-state index in [-0.39, 0.29) is 0 Å². The van der Waals surface area contributed by atoms with E-state index in [1.165, 1.54) is 0 Å². The maximum Gasteiger partial charge on any atom is 0.120 e. The zero-order valence-electron chi connectivity index (χ0n) is 16.3. The Morgan fingerprint density at radius 3 is 2.61 bits per heavy atom. The van der Waals surface area contributed by atoms with Crippen LogP contribution in [0.2, 0.25) is 0 Å². The number of aromatic nitrogens is 1. The molecule has 0 spiro atoms. The third kappa shape index (κ3) is 5.53. The van der Waals surface area contributed by atoms with Crippen LogP contribution in [0.4, 0.5) is 4.39 Å². The summed E-state index contributed by atoms with van der Waals surface area (Å²) in [5.41, 5.74) is 3.13. The predicted molar refractivity (Wildman–Crippen MR) is 116 cm³/mol. The highest BCUT2D eigenvalue weighted by atomic mass is 19.1. The zero-order valence-corrected chi connectivity index (χ0v) is 16.3. The number of hydrogen-bond donors (Lipinski definition) is 0. The molecule has 3 aromatic rings. The molecule has 0 N–H and O–H groups in total. The van der Waals surface area contributed by atoms with Gasteiger partial charge in [0.1, 0.15) is 12.4 Å². The molecule has 0 radical (unpaired) electrons. The van der Waals surface area contributed by atoms with Crippen LogP contribution in [0.1, 0.15) is 31.9 Å². The quantitative estimate of drug-likeness (QED) is 0.296. The van der Waals surface area contributed by atoms with E-state index in [0.29, 0.717) is 13.0 Å². The molecule has 1 atom stereocenters. The van der Waals surface area contributed by atoms with E-state index >= 15 is 0 Å². The molecule has 3 rings (SSSR count). The maximum absolute atomic E-state index is 12.8. The summed E-state index contributed by atoms with van der Waals surface area (Å²) in [7, 11) is 0. The molecular weight excluding hydrogens is 349 g/mol. The third-order valence-corrected chi connectivity index (χ3v) is 4.56. The van der Waals surface area contributed by atoms with Crippen molar-refractivity contribution in [2.45, 2.75) is 32.4 Å². The Labute approximate surface area is 166 Å². The minimum absolute atomic E-state index is 0.505. The van der Waals surface area contributed by atoms with E-state index in [4.69, 9.17) is 4.74 Å². The second-order valence-corrected chi connectivity index (χ2v) is 6.91. The lowest BCUT2D eigenvalue weighted by Gasteiger charge is -2.07. The molecule has 0 saturated heterocycles. The Morgan fingerprint density at radius 2 is 1.86 bits per heavy atom. The Hall–Kier alpha value is -2.94. The van der Waals surface area contributed by atoms with E-state index in [1.54, 1.807) is 13.0 Å². The second-order valence-electron chi connectivity index (χ2n) is 6.91. The molecule has 28 heavy (non-hydrogen) atoms. The van der Waals surface area contributed by atoms with Crippen molar-refractivity contribution in [2.24, 2.45) is 0 Å². The Kier molecular flexibility index (Phi) is 6.96. The summed E-state index contributed by atoms with van der Waals surface area (Å²) in [5.74, 6) is 0.846. The van der Waals surface area contributed by atoms with Crippen LogP contribution in [0, 0.1) is 0 Å². The minimum Gasteiger partial charge on any atom is -0.490 e. The fourth-order valence-electron chi connectivity index (χ4n) is 3.04. The average Bonchev–Trinajstić information content (AvgIpc) is 2.71. The van der Waals surface area contributed by atoms with Gasteiger partial charge >= 0.3 is 0 Å². The molecule has 2 aromatic carbocycles. The van der Waals surface area contributed by atoms with Crippen LogP contribution in [0.15, 0.2) is 73.5 Å². The number of nitrogens with zero attached hydrogens (tertiary/aromatic N) is 1. The van der Waals surface area contributed by atoms with Gasteiger partial charge in [0.15, 0.2) is 0 Å². The van der Waals surface area contributed by atoms with Gasteiger partial charge in [0, 0.05) is 11.8 Å². The number of pyridine rings is 1. The van der Waals surface area contributed by atoms with Crippen molar-refractivity contribution in [2.75, 3.05) is 6.61 Å². The molecule has 0 aliphatic heterocycles. The van der Waals surface area contributed by atoms with E-state index < -0.39 is 6.17 Å². The van der Waals surface area contributed by atoms with Gasteiger partial charge in [0.2, 0.25) is 0 Å². The first-order valence-corrected chi connectivity index (χ1v) is 9.70. The van der Waals surface area contributed by atoms with Gasteiger partial charge in [0.05, 0.1) is 11.9 Å². The number of alkyl halides is 1. The SMILES string of the molecule is C=CCOc1ccc2cc(-c3ccc(/C=C/CCCC(C)F)nc3)ccc2c1. The number of fused-ring (bicyclic) bond motifs is 1. The fraction of sp³-hybridized carbons (Fsp3) is 0.240. The van der Waals surface area contributed by atoms with Gasteiger partial charge in [-0.15, -0.1) is 0 Å². The van der Waals surface area contributed by atoms with Crippen LogP contribution in [0.5, 0.6) is 5.75 Å². The summed E-state index contributed by atoms with van der Waals surface area (Å²) >= 11 is 0. The largest absolute Gasteiger partial charge is 0.490 e. The van der Waals surface area contributed by atoms with Crippen molar-refractivity contribution in [1.82, 2.24) is 4.98 Å². The summed E-state index contributed by atoms with van der Waals surface area (Å²) in [6.07, 6.45) is 9.32. The minimum atomic E-state index is -0.723. The predicted octanol–water partition coefficient (Wildman–Crippen LogP) is 7.01. The van der Waals surface area contributed by atoms with Crippen molar-refractivity contribution in [3.63, 3.8) is 0 Å². The summed E-state index contributed by atoms with van der Waals surface area (Å²) in [6.45, 7) is 5.78. The van der Waals surface area contributed by atoms with Crippen LogP contribution in [0.3, 0.4) is 0 Å². The molecule has 0 amide bonds. The summed E-state index contributed by atoms with van der Waals surface area (Å²) in [6, 6.07) is 16.6. The summed E-state index contributed by atoms with van der Waals surface area (Å²) < 4.78 is 18.4. The molecule has 0 aliphatic carbocycles. The summed E-state index contributed by atoms with van der Waals surface area (Å²) in [5, 5.41) is 2.30. The van der Waals surface area contributed by atoms with E-state index in [2.05, 4.69) is 48.0 Å². The lowest BCUT2D eigenvalue weighted by molar-refractivity contribution is 0.335. The number of ether oxygens (including phenoxy) is 1. The standard InChI is InChI=1S/C25H26FNO/c1-3-15-28-25-14-12-20-16-21(9-10-22(20)17-25)23-11-13-24(27-18-23)8-6-4-5-7-19(2)26/h3,6,8-14,16-19H,1,4-5,7,15H2,2H3/b8-6+. The van der Waals surface area contributed by atoms with Gasteiger partial charge in [-0.2, -0.15) is 0 Å². The zero-order chi connectivity index (χ0) is 19.8. The number of unbranched alkanes of at least 4 members (excludes halogenated alkanes) is 1. The molecule has 1 unspecified atom stereocenters. The molecule has 0 aliphatic rings. The molecular formula is C25H26FNO. The highest BCUT2D eigenvalue weighted by Gasteiger charge is 2.02. The molecule has 1 aromatic heterocycles. The average molecular weight is 375 g/mol. The number of allylic oxidation sites excluding steroid dienone is 1. The van der Waals surface area contributed by atoms with Crippen molar-refractivity contribution in [3.05, 3.63) is 79.2 Å². The van der Waals surface area contributed by atoms with Crippen LogP contribution in [0.25, 0.3) is 28.0 Å². The highest BCUT2D eigenvalue weighted by Crippen LogP contribution is 2.27. The highest BCUT2D eigenvalue weighted by molar-refractivity contribution is 5.88. The first-order valence-electron chi connectivity index (χ1n) is 9.70. The fourth-order valence-corrected chi connectivity index (χ4v) is 3.04. The first-order chi connectivity index (χ1) is 13.7. The molecule has 0 bridgehead atoms. The van der Waals surface area contributed by atoms with Gasteiger partial charge in [-0.05, 0) is 72.9 Å². The van der Waals surface area contributed by atoms with Crippen molar-refractivity contribution >= 4 is 16.8 Å². The van der Waals surface area contributed by atoms with Crippen LogP contribution in [-0.2, 0) is 0 Å². The Morgan fingerprint density at radius 1 is 1.07 bits per heavy atom. The lowest BCUT2D eigenvalue weighted by Crippen LogP contribution is -1.92. The topological polar surface area (TPSA) is 22.1 Å². The van der Waals surface area contributed by atoms with Gasteiger partial charge < -0.3 is 4.74 Å².